The van der Waals surface area contributed by atoms with E-state index in [0.29, 0.717) is 17.0 Å². The van der Waals surface area contributed by atoms with Gasteiger partial charge in [0, 0.05) is 10.0 Å². The summed E-state index contributed by atoms with van der Waals surface area (Å²) in [6, 6.07) is 14.2. The van der Waals surface area contributed by atoms with Gasteiger partial charge < -0.3 is 4.42 Å². The summed E-state index contributed by atoms with van der Waals surface area (Å²) in [7, 11) is 0. The summed E-state index contributed by atoms with van der Waals surface area (Å²) < 4.78 is 6.48. The Morgan fingerprint density at radius 1 is 0.958 bits per heavy atom. The summed E-state index contributed by atoms with van der Waals surface area (Å²) in [5, 5.41) is 7.92. The number of rotatable bonds is 3. The highest BCUT2D eigenvalue weighted by Gasteiger charge is 2.36. The standard InChI is InChI=1S/C17H10BrN3O3/c18-11-5-3-4-10(8-11)15-20-19-14(24-15)9-21-16(22)12-6-1-2-7-13(12)17(21)23/h1-8H,9H2. The van der Waals surface area contributed by atoms with Gasteiger partial charge in [-0.15, -0.1) is 10.2 Å². The van der Waals surface area contributed by atoms with E-state index in [2.05, 4.69) is 26.1 Å². The first-order valence-electron chi connectivity index (χ1n) is 7.17. The van der Waals surface area contributed by atoms with E-state index < -0.39 is 0 Å². The quantitative estimate of drug-likeness (QED) is 0.648. The molecule has 0 N–H and O–H groups in total. The monoisotopic (exact) mass is 383 g/mol. The number of aromatic nitrogens is 2. The van der Waals surface area contributed by atoms with Gasteiger partial charge in [-0.2, -0.15) is 0 Å². The van der Waals surface area contributed by atoms with E-state index >= 15 is 0 Å². The van der Waals surface area contributed by atoms with Crippen molar-refractivity contribution in [2.45, 2.75) is 6.54 Å². The first kappa shape index (κ1) is 14.8. The maximum absolute atomic E-state index is 12.3. The molecule has 1 aliphatic heterocycles. The normalized spacial score (nSPS) is 13.5. The van der Waals surface area contributed by atoms with E-state index in [9.17, 15) is 9.59 Å². The second-order valence-electron chi connectivity index (χ2n) is 5.25. The number of carbonyl (C=O) groups excluding carboxylic acids is 2. The van der Waals surface area contributed by atoms with Crippen LogP contribution in [0.15, 0.2) is 57.4 Å². The number of nitrogens with zero attached hydrogens (tertiary/aromatic N) is 3. The molecule has 0 fully saturated rings. The summed E-state index contributed by atoms with van der Waals surface area (Å²) in [5.74, 6) is -0.155. The van der Waals surface area contributed by atoms with E-state index in [1.54, 1.807) is 24.3 Å². The summed E-state index contributed by atoms with van der Waals surface area (Å²) in [5.41, 5.74) is 1.55. The first-order valence-corrected chi connectivity index (χ1v) is 7.96. The molecule has 0 radical (unpaired) electrons. The molecule has 2 amide bonds. The lowest BCUT2D eigenvalue weighted by atomic mass is 10.1. The maximum Gasteiger partial charge on any atom is 0.262 e. The van der Waals surface area contributed by atoms with Crippen LogP contribution in [0.4, 0.5) is 0 Å². The predicted octanol–water partition coefficient (Wildman–Crippen LogP) is 3.30. The van der Waals surface area contributed by atoms with Gasteiger partial charge in [-0.25, -0.2) is 0 Å². The molecule has 0 saturated heterocycles. The van der Waals surface area contributed by atoms with Crippen LogP contribution in [-0.4, -0.2) is 26.9 Å². The minimum Gasteiger partial charge on any atom is -0.419 e. The van der Waals surface area contributed by atoms with Crippen molar-refractivity contribution in [1.82, 2.24) is 15.1 Å². The van der Waals surface area contributed by atoms with Crippen molar-refractivity contribution in [2.75, 3.05) is 0 Å². The predicted molar refractivity (Wildman–Crippen MR) is 88.1 cm³/mol. The molecule has 0 atom stereocenters. The van der Waals surface area contributed by atoms with Gasteiger partial charge in [-0.05, 0) is 30.3 Å². The van der Waals surface area contributed by atoms with Crippen LogP contribution >= 0.6 is 15.9 Å². The van der Waals surface area contributed by atoms with E-state index in [-0.39, 0.29) is 24.2 Å². The lowest BCUT2D eigenvalue weighted by molar-refractivity contribution is 0.0629. The zero-order valence-electron chi connectivity index (χ0n) is 12.3. The molecule has 4 rings (SSSR count). The Balaban J connectivity index is 1.59. The molecule has 24 heavy (non-hydrogen) atoms. The minimum absolute atomic E-state index is 0.0483. The van der Waals surface area contributed by atoms with Crippen LogP contribution in [0.3, 0.4) is 0 Å². The Kier molecular flexibility index (Phi) is 3.50. The average Bonchev–Trinajstić information content (AvgIpc) is 3.15. The molecule has 1 aliphatic rings. The Labute approximate surface area is 145 Å². The zero-order valence-corrected chi connectivity index (χ0v) is 13.9. The third-order valence-corrected chi connectivity index (χ3v) is 4.20. The Morgan fingerprint density at radius 2 is 1.67 bits per heavy atom. The van der Waals surface area contributed by atoms with Crippen molar-refractivity contribution in [2.24, 2.45) is 0 Å². The number of hydrogen-bond donors (Lipinski definition) is 0. The SMILES string of the molecule is O=C1c2ccccc2C(=O)N1Cc1nnc(-c2cccc(Br)c2)o1. The molecule has 1 aromatic heterocycles. The highest BCUT2D eigenvalue weighted by Crippen LogP contribution is 2.26. The molecule has 7 heteroatoms. The topological polar surface area (TPSA) is 76.3 Å². The van der Waals surface area contributed by atoms with Crippen LogP contribution in [-0.2, 0) is 6.54 Å². The van der Waals surface area contributed by atoms with Crippen LogP contribution in [0.25, 0.3) is 11.5 Å². The number of hydrogen-bond acceptors (Lipinski definition) is 5. The van der Waals surface area contributed by atoms with Crippen molar-refractivity contribution < 1.29 is 14.0 Å². The van der Waals surface area contributed by atoms with E-state index in [1.165, 1.54) is 0 Å². The highest BCUT2D eigenvalue weighted by atomic mass is 79.9. The van der Waals surface area contributed by atoms with Gasteiger partial charge in [0.2, 0.25) is 11.8 Å². The van der Waals surface area contributed by atoms with Gasteiger partial charge in [0.1, 0.15) is 6.54 Å². The molecule has 118 valence electrons. The van der Waals surface area contributed by atoms with Crippen molar-refractivity contribution >= 4 is 27.7 Å². The molecule has 0 aliphatic carbocycles. The molecule has 6 nitrogen and oxygen atoms in total. The maximum atomic E-state index is 12.3. The van der Waals surface area contributed by atoms with Crippen LogP contribution in [0.5, 0.6) is 0 Å². The van der Waals surface area contributed by atoms with Crippen molar-refractivity contribution in [3.8, 4) is 11.5 Å². The number of carbonyl (C=O) groups is 2. The summed E-state index contributed by atoms with van der Waals surface area (Å²) in [6.07, 6.45) is 0. The van der Waals surface area contributed by atoms with E-state index in [4.69, 9.17) is 4.42 Å². The van der Waals surface area contributed by atoms with E-state index in [0.717, 1.165) is 14.9 Å². The molecule has 2 heterocycles. The summed E-state index contributed by atoms with van der Waals surface area (Å²) >= 11 is 3.38. The van der Waals surface area contributed by atoms with Gasteiger partial charge in [0.05, 0.1) is 11.1 Å². The second kappa shape index (κ2) is 5.68. The second-order valence-corrected chi connectivity index (χ2v) is 6.17. The van der Waals surface area contributed by atoms with Gasteiger partial charge in [-0.3, -0.25) is 14.5 Å². The Hall–Kier alpha value is -2.80. The van der Waals surface area contributed by atoms with Gasteiger partial charge in [0.25, 0.3) is 11.8 Å². The van der Waals surface area contributed by atoms with Crippen LogP contribution in [0.2, 0.25) is 0 Å². The highest BCUT2D eigenvalue weighted by molar-refractivity contribution is 9.10. The minimum atomic E-state index is -0.349. The van der Waals surface area contributed by atoms with Crippen LogP contribution in [0, 0.1) is 0 Å². The zero-order chi connectivity index (χ0) is 16.7. The molecular weight excluding hydrogens is 374 g/mol. The first-order chi connectivity index (χ1) is 11.6. The molecular formula is C17H10BrN3O3. The van der Waals surface area contributed by atoms with Crippen molar-refractivity contribution in [3.05, 3.63) is 70.0 Å². The largest absolute Gasteiger partial charge is 0.419 e. The molecule has 3 aromatic rings. The fraction of sp³-hybridized carbons (Fsp3) is 0.0588. The Morgan fingerprint density at radius 3 is 2.33 bits per heavy atom. The number of fused-ring (bicyclic) bond motifs is 1. The number of imide groups is 1. The summed E-state index contributed by atoms with van der Waals surface area (Å²) in [4.78, 5) is 25.8. The van der Waals surface area contributed by atoms with Crippen LogP contribution < -0.4 is 0 Å². The third-order valence-electron chi connectivity index (χ3n) is 3.71. The molecule has 0 spiro atoms. The molecule has 0 saturated carbocycles. The van der Waals surface area contributed by atoms with Gasteiger partial charge in [-0.1, -0.05) is 34.1 Å². The molecule has 0 bridgehead atoms. The summed E-state index contributed by atoms with van der Waals surface area (Å²) in [6.45, 7) is -0.0483. The van der Waals surface area contributed by atoms with Gasteiger partial charge >= 0.3 is 0 Å². The smallest absolute Gasteiger partial charge is 0.262 e. The lowest BCUT2D eigenvalue weighted by Crippen LogP contribution is -2.29. The van der Waals surface area contributed by atoms with Crippen LogP contribution in [0.1, 0.15) is 26.6 Å². The lowest BCUT2D eigenvalue weighted by Gasteiger charge is -2.10. The number of benzene rings is 2. The van der Waals surface area contributed by atoms with Crippen molar-refractivity contribution in [1.29, 1.82) is 0 Å². The fourth-order valence-corrected chi connectivity index (χ4v) is 2.97. The number of amides is 2. The van der Waals surface area contributed by atoms with Crippen molar-refractivity contribution in [3.63, 3.8) is 0 Å². The van der Waals surface area contributed by atoms with E-state index in [1.807, 2.05) is 24.3 Å². The number of halogens is 1. The molecule has 2 aromatic carbocycles. The third kappa shape index (κ3) is 2.43. The molecule has 0 unspecified atom stereocenters. The fourth-order valence-electron chi connectivity index (χ4n) is 2.57. The van der Waals surface area contributed by atoms with Gasteiger partial charge in [0.15, 0.2) is 0 Å². The Bertz CT molecular complexity index is 932. The average molecular weight is 384 g/mol.